The fourth-order valence-corrected chi connectivity index (χ4v) is 11.4. The number of carbonyl (C=O) groups excluding carboxylic acids is 3. The van der Waals surface area contributed by atoms with Crippen molar-refractivity contribution in [1.82, 2.24) is 4.98 Å². The van der Waals surface area contributed by atoms with E-state index in [-0.39, 0.29) is 64.0 Å². The number of hydrogen-bond acceptors (Lipinski definition) is 8. The maximum Gasteiger partial charge on any atom is 0.305 e. The van der Waals surface area contributed by atoms with Crippen LogP contribution in [0.2, 0.25) is 0 Å². The molecule has 2 bridgehead atoms. The highest BCUT2D eigenvalue weighted by atomic mass is 79.9. The second-order valence-corrected chi connectivity index (χ2v) is 15.7. The third-order valence-electron chi connectivity index (χ3n) is 10.0. The average Bonchev–Trinajstić information content (AvgIpc) is 3.80. The Labute approximate surface area is 287 Å². The molecule has 3 heterocycles. The summed E-state index contributed by atoms with van der Waals surface area (Å²) in [6, 6.07) is 20.5. The molecule has 2 aliphatic heterocycles. The van der Waals surface area contributed by atoms with Crippen molar-refractivity contribution >= 4 is 68.1 Å². The number of fused-ring (bicyclic) bond motifs is 9. The van der Waals surface area contributed by atoms with Crippen molar-refractivity contribution in [3.8, 4) is 11.5 Å². The van der Waals surface area contributed by atoms with Crippen LogP contribution in [0.25, 0.3) is 0 Å². The maximum absolute atomic E-state index is 14.0. The van der Waals surface area contributed by atoms with Crippen LogP contribution in [0.5, 0.6) is 11.5 Å². The number of hydrogen-bond donors (Lipinski definition) is 2. The van der Waals surface area contributed by atoms with Crippen LogP contribution in [0, 0.1) is 36.5 Å². The van der Waals surface area contributed by atoms with Crippen molar-refractivity contribution in [3.63, 3.8) is 0 Å². The third-order valence-corrected chi connectivity index (χ3v) is 13.2. The lowest BCUT2D eigenvalue weighted by atomic mass is 9.68. The normalized spacial score (nSPS) is 27.0. The molecule has 9 nitrogen and oxygen atoms in total. The van der Waals surface area contributed by atoms with Crippen LogP contribution in [0.15, 0.2) is 81.0 Å². The first kappa shape index (κ1) is 30.5. The van der Waals surface area contributed by atoms with E-state index in [1.165, 1.54) is 16.2 Å². The van der Waals surface area contributed by atoms with Gasteiger partial charge in [-0.1, -0.05) is 51.0 Å². The van der Waals surface area contributed by atoms with Gasteiger partial charge >= 0.3 is 4.87 Å². The smallest absolute Gasteiger partial charge is 0.305 e. The fraction of sp³-hybridized carbons (Fsp3) is 0.314. The van der Waals surface area contributed by atoms with Crippen LogP contribution < -0.4 is 24.6 Å². The summed E-state index contributed by atoms with van der Waals surface area (Å²) in [6.07, 6.45) is 0.799. The highest BCUT2D eigenvalue weighted by Gasteiger charge is 2.69. The number of halogens is 1. The number of thioether (sulfide) groups is 1. The molecule has 12 heteroatoms. The molecule has 240 valence electrons. The van der Waals surface area contributed by atoms with Crippen LogP contribution in [0.4, 0.5) is 11.4 Å². The van der Waals surface area contributed by atoms with Gasteiger partial charge in [-0.25, -0.2) is 0 Å². The number of nitrogens with one attached hydrogen (secondary N) is 2. The number of benzene rings is 3. The Bertz CT molecular complexity index is 1980. The lowest BCUT2D eigenvalue weighted by Crippen LogP contribution is -2.42. The number of imide groups is 1. The number of amides is 3. The molecule has 0 radical (unpaired) electrons. The van der Waals surface area contributed by atoms with Gasteiger partial charge in [0.25, 0.3) is 5.91 Å². The second kappa shape index (κ2) is 11.7. The highest BCUT2D eigenvalue weighted by Crippen LogP contribution is 2.68. The molecule has 3 fully saturated rings. The number of methoxy groups -OCH3 is 1. The molecular weight excluding hydrogens is 702 g/mol. The zero-order valence-corrected chi connectivity index (χ0v) is 28.6. The Hall–Kier alpha value is -3.87. The van der Waals surface area contributed by atoms with Crippen molar-refractivity contribution in [3.05, 3.63) is 96.9 Å². The standard InChI is InChI=1S/C35H30BrN3O6S2/c1-16-3-8-19(9-4-16)37-25(40)15-45-23-12-5-17(13-24(23)44-2)26-27-21-14-22(30(27)46-32-31(26)47-35(43)38-32)29-28(21)33(41)39(34(29)42)20-10-6-18(36)7-11-20/h3-13,21-22,26-30H,14-15H2,1-2H3,(H,37,40)(H,38,43)/t21-,22-,26-,27?,28?,29?,30?/m1/s1. The molecule has 7 atom stereocenters. The molecule has 1 saturated heterocycles. The number of aromatic amines is 1. The minimum atomic E-state index is -0.394. The summed E-state index contributed by atoms with van der Waals surface area (Å²) >= 11 is 6.30. The van der Waals surface area contributed by atoms with Crippen molar-refractivity contribution in [2.45, 2.75) is 29.5 Å². The summed E-state index contributed by atoms with van der Waals surface area (Å²) < 4.78 is 12.5. The summed E-state index contributed by atoms with van der Waals surface area (Å²) in [5.41, 5.74) is 3.33. The summed E-state index contributed by atoms with van der Waals surface area (Å²) in [5, 5.41) is 3.74. The first-order chi connectivity index (χ1) is 22.7. The van der Waals surface area contributed by atoms with Crippen molar-refractivity contribution in [2.75, 3.05) is 23.9 Å². The lowest BCUT2D eigenvalue weighted by molar-refractivity contribution is -0.123. The molecule has 2 aliphatic carbocycles. The largest absolute Gasteiger partial charge is 0.493 e. The Morgan fingerprint density at radius 1 is 0.979 bits per heavy atom. The van der Waals surface area contributed by atoms with Gasteiger partial charge in [-0.3, -0.25) is 24.1 Å². The number of aryl methyl sites for hydroxylation is 1. The first-order valence-corrected chi connectivity index (χ1v) is 17.9. The lowest BCUT2D eigenvalue weighted by Gasteiger charge is -2.43. The molecule has 4 unspecified atom stereocenters. The van der Waals surface area contributed by atoms with E-state index in [1.54, 1.807) is 37.1 Å². The first-order valence-electron chi connectivity index (χ1n) is 15.4. The van der Waals surface area contributed by atoms with Crippen LogP contribution in [-0.2, 0) is 14.4 Å². The van der Waals surface area contributed by atoms with E-state index < -0.39 is 5.92 Å². The van der Waals surface area contributed by atoms with Gasteiger partial charge in [0.05, 0.1) is 29.7 Å². The van der Waals surface area contributed by atoms with E-state index in [4.69, 9.17) is 9.47 Å². The van der Waals surface area contributed by atoms with Gasteiger partial charge in [-0.2, -0.15) is 0 Å². The van der Waals surface area contributed by atoms with Crippen LogP contribution in [0.3, 0.4) is 0 Å². The highest BCUT2D eigenvalue weighted by molar-refractivity contribution is 9.10. The third kappa shape index (κ3) is 5.03. The Kier molecular flexibility index (Phi) is 7.57. The maximum atomic E-state index is 14.0. The van der Waals surface area contributed by atoms with Crippen molar-refractivity contribution in [2.24, 2.45) is 29.6 Å². The molecular formula is C35H30BrN3O6S2. The topological polar surface area (TPSA) is 118 Å². The number of thiazole rings is 1. The molecule has 3 amide bonds. The van der Waals surface area contributed by atoms with E-state index in [9.17, 15) is 19.2 Å². The zero-order chi connectivity index (χ0) is 32.6. The average molecular weight is 733 g/mol. The molecule has 3 aromatic carbocycles. The Morgan fingerprint density at radius 3 is 2.43 bits per heavy atom. The molecule has 1 aromatic heterocycles. The molecule has 4 aromatic rings. The predicted octanol–water partition coefficient (Wildman–Crippen LogP) is 6.21. The molecule has 4 aliphatic rings. The number of carbonyl (C=O) groups is 3. The predicted molar refractivity (Wildman–Crippen MR) is 183 cm³/mol. The minimum absolute atomic E-state index is 0.0119. The SMILES string of the molecule is COc1cc([C@H]2c3sc(=O)[nH]c3SC3C2[C@H]2C[C@@H]3C3C(=O)N(c4ccc(Br)cc4)C(=O)C32)ccc1OCC(=O)Nc1ccc(C)cc1. The van der Waals surface area contributed by atoms with Gasteiger partial charge in [-0.15, -0.1) is 11.8 Å². The molecule has 0 spiro atoms. The Balaban J connectivity index is 1.09. The van der Waals surface area contributed by atoms with Gasteiger partial charge < -0.3 is 19.8 Å². The monoisotopic (exact) mass is 731 g/mol. The molecule has 47 heavy (non-hydrogen) atoms. The summed E-state index contributed by atoms with van der Waals surface area (Å²) in [5.74, 6) is -0.526. The number of aromatic nitrogens is 1. The number of anilines is 2. The minimum Gasteiger partial charge on any atom is -0.493 e. The summed E-state index contributed by atoms with van der Waals surface area (Å²) in [7, 11) is 1.56. The van der Waals surface area contributed by atoms with Crippen LogP contribution >= 0.6 is 39.0 Å². The molecule has 2 saturated carbocycles. The van der Waals surface area contributed by atoms with E-state index in [0.717, 1.165) is 31.9 Å². The van der Waals surface area contributed by atoms with Gasteiger partial charge in [0.1, 0.15) is 0 Å². The van der Waals surface area contributed by atoms with E-state index in [0.29, 0.717) is 22.9 Å². The van der Waals surface area contributed by atoms with Crippen LogP contribution in [-0.4, -0.2) is 41.7 Å². The number of rotatable bonds is 7. The number of H-pyrrole nitrogens is 1. The van der Waals surface area contributed by atoms with E-state index in [2.05, 4.69) is 26.2 Å². The second-order valence-electron chi connectivity index (χ2n) is 12.6. The Morgan fingerprint density at radius 2 is 1.70 bits per heavy atom. The summed E-state index contributed by atoms with van der Waals surface area (Å²) in [6.45, 7) is 1.78. The quantitative estimate of drug-likeness (QED) is 0.217. The van der Waals surface area contributed by atoms with Crippen molar-refractivity contribution in [1.29, 1.82) is 0 Å². The van der Waals surface area contributed by atoms with E-state index >= 15 is 0 Å². The summed E-state index contributed by atoms with van der Waals surface area (Å²) in [4.78, 5) is 58.4. The van der Waals surface area contributed by atoms with Gasteiger partial charge in [0, 0.05) is 26.2 Å². The fourth-order valence-electron chi connectivity index (χ4n) is 8.21. The van der Waals surface area contributed by atoms with Gasteiger partial charge in [0.15, 0.2) is 18.1 Å². The molecule has 2 N–H and O–H groups in total. The van der Waals surface area contributed by atoms with Gasteiger partial charge in [0.2, 0.25) is 11.8 Å². The van der Waals surface area contributed by atoms with Gasteiger partial charge in [-0.05, 0) is 85.2 Å². The molecule has 8 rings (SSSR count). The van der Waals surface area contributed by atoms with Crippen LogP contribution in [0.1, 0.15) is 28.3 Å². The van der Waals surface area contributed by atoms with Crippen molar-refractivity contribution < 1.29 is 23.9 Å². The number of nitrogens with zero attached hydrogens (tertiary/aromatic N) is 1. The van der Waals surface area contributed by atoms with E-state index in [1.807, 2.05) is 55.5 Å². The number of ether oxygens (including phenoxy) is 2. The zero-order valence-electron chi connectivity index (χ0n) is 25.4.